The van der Waals surface area contributed by atoms with Crippen LogP contribution in [0, 0.1) is 5.41 Å². The Morgan fingerprint density at radius 2 is 1.91 bits per heavy atom. The van der Waals surface area contributed by atoms with Gasteiger partial charge in [0.2, 0.25) is 5.91 Å². The molecule has 0 spiro atoms. The van der Waals surface area contributed by atoms with E-state index in [0.717, 1.165) is 50.5 Å². The van der Waals surface area contributed by atoms with Crippen LogP contribution in [0.5, 0.6) is 0 Å². The zero-order valence-corrected chi connectivity index (χ0v) is 19.6. The number of rotatable bonds is 10. The largest absolute Gasteiger partial charge is 0.379 e. The van der Waals surface area contributed by atoms with Crippen molar-refractivity contribution in [2.45, 2.75) is 26.2 Å². The molecule has 11 heteroatoms. The smallest absolute Gasteiger partial charge is 0.263 e. The number of guanidine groups is 1. The quantitative estimate of drug-likeness (QED) is 0.200. The van der Waals surface area contributed by atoms with E-state index < -0.39 is 0 Å². The average molecular weight is 474 g/mol. The summed E-state index contributed by atoms with van der Waals surface area (Å²) in [5, 5.41) is 16.1. The van der Waals surface area contributed by atoms with Gasteiger partial charge in [-0.2, -0.15) is 0 Å². The minimum Gasteiger partial charge on any atom is -0.379 e. The van der Waals surface area contributed by atoms with Crippen molar-refractivity contribution in [2.24, 2.45) is 5.73 Å². The fourth-order valence-corrected chi connectivity index (χ4v) is 4.46. The molecule has 2 heterocycles. The number of carbonyl (C=O) groups excluding carboxylic acids is 2. The van der Waals surface area contributed by atoms with Crippen molar-refractivity contribution >= 4 is 39.9 Å². The number of benzene rings is 1. The van der Waals surface area contributed by atoms with Crippen LogP contribution >= 0.6 is 11.3 Å². The first-order chi connectivity index (χ1) is 15.9. The molecule has 2 aromatic rings. The molecule has 0 aliphatic carbocycles. The Balaban J connectivity index is 1.57. The standard InChI is InChI=1S/C22H31N7O3S/c1-15(30)26-22-28-18(8-5-16-3-6-17(7-4-16)27-21(23)24)19(33-22)20(31)25-9-2-10-29-11-13-32-14-12-29/h3-4,6-7H,2,5,8-14H2,1H3,(H,25,31)(H4,23,24,27)(H,26,28,30). The molecule has 10 nitrogen and oxygen atoms in total. The lowest BCUT2D eigenvalue weighted by atomic mass is 10.1. The van der Waals surface area contributed by atoms with Gasteiger partial charge in [0.05, 0.1) is 18.9 Å². The fourth-order valence-electron chi connectivity index (χ4n) is 3.49. The van der Waals surface area contributed by atoms with Gasteiger partial charge in [0, 0.05) is 32.2 Å². The summed E-state index contributed by atoms with van der Waals surface area (Å²) in [7, 11) is 0. The zero-order chi connectivity index (χ0) is 23.6. The number of thiazole rings is 1. The summed E-state index contributed by atoms with van der Waals surface area (Å²) in [5.74, 6) is -0.500. The third-order valence-electron chi connectivity index (χ3n) is 5.11. The van der Waals surface area contributed by atoms with Crippen molar-refractivity contribution in [2.75, 3.05) is 50.0 Å². The summed E-state index contributed by atoms with van der Waals surface area (Å²) in [4.78, 5) is 31.7. The molecule has 1 aliphatic heterocycles. The van der Waals surface area contributed by atoms with Crippen LogP contribution in [0.4, 0.5) is 10.8 Å². The Morgan fingerprint density at radius 3 is 2.58 bits per heavy atom. The summed E-state index contributed by atoms with van der Waals surface area (Å²) >= 11 is 1.20. The van der Waals surface area contributed by atoms with Gasteiger partial charge in [0.1, 0.15) is 4.88 Å². The Hall–Kier alpha value is -3.02. The highest BCUT2D eigenvalue weighted by Crippen LogP contribution is 2.25. The van der Waals surface area contributed by atoms with E-state index in [9.17, 15) is 9.59 Å². The van der Waals surface area contributed by atoms with Gasteiger partial charge >= 0.3 is 0 Å². The summed E-state index contributed by atoms with van der Waals surface area (Å²) < 4.78 is 5.36. The molecule has 0 radical (unpaired) electrons. The first-order valence-corrected chi connectivity index (χ1v) is 11.8. The highest BCUT2D eigenvalue weighted by molar-refractivity contribution is 7.17. The second-order valence-electron chi connectivity index (χ2n) is 7.78. The highest BCUT2D eigenvalue weighted by Gasteiger charge is 2.19. The number of carbonyl (C=O) groups is 2. The van der Waals surface area contributed by atoms with Crippen LogP contribution in [0.15, 0.2) is 24.3 Å². The predicted octanol–water partition coefficient (Wildman–Crippen LogP) is 1.64. The van der Waals surface area contributed by atoms with E-state index >= 15 is 0 Å². The lowest BCUT2D eigenvalue weighted by Gasteiger charge is -2.26. The van der Waals surface area contributed by atoms with Crippen molar-refractivity contribution in [3.05, 3.63) is 40.4 Å². The van der Waals surface area contributed by atoms with Gasteiger partial charge in [0.15, 0.2) is 11.1 Å². The number of aromatic nitrogens is 1. The van der Waals surface area contributed by atoms with Crippen LogP contribution in [0.2, 0.25) is 0 Å². The number of hydrogen-bond acceptors (Lipinski definition) is 7. The Bertz CT molecular complexity index is 955. The van der Waals surface area contributed by atoms with Gasteiger partial charge in [-0.15, -0.1) is 0 Å². The minimum absolute atomic E-state index is 0.115. The molecule has 1 aromatic carbocycles. The molecule has 178 valence electrons. The van der Waals surface area contributed by atoms with Gasteiger partial charge in [-0.05, 0) is 43.5 Å². The summed E-state index contributed by atoms with van der Waals surface area (Å²) in [6.45, 7) is 6.30. The number of anilines is 2. The molecule has 2 amide bonds. The normalized spacial score (nSPS) is 14.0. The Kier molecular flexibility index (Phi) is 9.16. The van der Waals surface area contributed by atoms with Crippen molar-refractivity contribution < 1.29 is 14.3 Å². The van der Waals surface area contributed by atoms with Gasteiger partial charge in [-0.1, -0.05) is 23.5 Å². The first-order valence-electron chi connectivity index (χ1n) is 11.0. The van der Waals surface area contributed by atoms with Gasteiger partial charge in [0.25, 0.3) is 5.91 Å². The first kappa shape index (κ1) is 24.6. The van der Waals surface area contributed by atoms with E-state index in [2.05, 4.69) is 25.8 Å². The van der Waals surface area contributed by atoms with Crippen LogP contribution in [-0.2, 0) is 22.4 Å². The number of amides is 2. The molecule has 1 saturated heterocycles. The molecular formula is C22H31N7O3S. The maximum absolute atomic E-state index is 12.8. The molecule has 0 atom stereocenters. The van der Waals surface area contributed by atoms with E-state index in [4.69, 9.17) is 15.9 Å². The Morgan fingerprint density at radius 1 is 1.18 bits per heavy atom. The van der Waals surface area contributed by atoms with Gasteiger partial charge < -0.3 is 26.4 Å². The molecule has 0 unspecified atom stereocenters. The number of ether oxygens (including phenoxy) is 1. The SMILES string of the molecule is CC(=O)Nc1nc(CCc2ccc(NC(=N)N)cc2)c(C(=O)NCCCN2CCOCC2)s1. The summed E-state index contributed by atoms with van der Waals surface area (Å²) in [5.41, 5.74) is 7.82. The third-order valence-corrected chi connectivity index (χ3v) is 6.12. The monoisotopic (exact) mass is 473 g/mol. The van der Waals surface area contributed by atoms with Crippen LogP contribution in [-0.4, -0.2) is 67.1 Å². The number of morpholine rings is 1. The predicted molar refractivity (Wildman–Crippen MR) is 130 cm³/mol. The van der Waals surface area contributed by atoms with Crippen molar-refractivity contribution in [3.8, 4) is 0 Å². The maximum atomic E-state index is 12.8. The highest BCUT2D eigenvalue weighted by atomic mass is 32.1. The van der Waals surface area contributed by atoms with E-state index in [-0.39, 0.29) is 17.8 Å². The molecule has 3 rings (SSSR count). The van der Waals surface area contributed by atoms with Crippen LogP contribution in [0.25, 0.3) is 0 Å². The third kappa shape index (κ3) is 8.12. The van der Waals surface area contributed by atoms with Gasteiger partial charge in [-0.3, -0.25) is 19.9 Å². The van der Waals surface area contributed by atoms with Crippen LogP contribution in [0.1, 0.15) is 34.3 Å². The van der Waals surface area contributed by atoms with Crippen LogP contribution < -0.4 is 21.7 Å². The van der Waals surface area contributed by atoms with Crippen LogP contribution in [0.3, 0.4) is 0 Å². The lowest BCUT2D eigenvalue weighted by Crippen LogP contribution is -2.38. The van der Waals surface area contributed by atoms with E-state index in [1.165, 1.54) is 18.3 Å². The number of hydrogen-bond donors (Lipinski definition) is 5. The average Bonchev–Trinajstić information content (AvgIpc) is 3.18. The summed E-state index contributed by atoms with van der Waals surface area (Å²) in [6, 6.07) is 7.58. The number of nitrogens with two attached hydrogens (primary N) is 1. The van der Waals surface area contributed by atoms with E-state index in [0.29, 0.717) is 35.1 Å². The van der Waals surface area contributed by atoms with Crippen molar-refractivity contribution in [3.63, 3.8) is 0 Å². The second-order valence-corrected chi connectivity index (χ2v) is 8.77. The molecule has 0 bridgehead atoms. The van der Waals surface area contributed by atoms with Crippen molar-refractivity contribution in [1.82, 2.24) is 15.2 Å². The number of nitrogens with one attached hydrogen (secondary N) is 4. The molecule has 0 saturated carbocycles. The number of aryl methyl sites for hydroxylation is 2. The molecule has 1 aromatic heterocycles. The van der Waals surface area contributed by atoms with E-state index in [1.54, 1.807) is 0 Å². The van der Waals surface area contributed by atoms with Crippen molar-refractivity contribution in [1.29, 1.82) is 5.41 Å². The zero-order valence-electron chi connectivity index (χ0n) is 18.8. The lowest BCUT2D eigenvalue weighted by molar-refractivity contribution is -0.114. The number of nitrogens with zero attached hydrogens (tertiary/aromatic N) is 2. The molecular weight excluding hydrogens is 442 g/mol. The molecule has 33 heavy (non-hydrogen) atoms. The Labute approximate surface area is 197 Å². The minimum atomic E-state index is -0.221. The summed E-state index contributed by atoms with van der Waals surface area (Å²) in [6.07, 6.45) is 2.10. The molecule has 1 aliphatic rings. The topological polar surface area (TPSA) is 145 Å². The second kappa shape index (κ2) is 12.3. The van der Waals surface area contributed by atoms with Gasteiger partial charge in [-0.25, -0.2) is 4.98 Å². The molecule has 6 N–H and O–H groups in total. The van der Waals surface area contributed by atoms with E-state index in [1.807, 2.05) is 24.3 Å². The fraction of sp³-hybridized carbons (Fsp3) is 0.455. The molecule has 1 fully saturated rings. The maximum Gasteiger partial charge on any atom is 0.263 e.